The molecule has 1 N–H and O–H groups in total. The fraction of sp³-hybridized carbons (Fsp3) is 0.562. The van der Waals surface area contributed by atoms with Crippen LogP contribution in [0.2, 0.25) is 0 Å². The molecule has 1 aromatic rings. The monoisotopic (exact) mass is 279 g/mol. The third kappa shape index (κ3) is 3.79. The number of ether oxygens (including phenoxy) is 1. The number of rotatable bonds is 5. The standard InChI is InChI=1S/C16H22FNO2/c1-2-20-16(19)15(13-10-6-7-11-14(13)17)18-12-8-4-3-5-9-12/h6-7,10-12,15,18H,2-5,8-9H2,1H3. The highest BCUT2D eigenvalue weighted by Crippen LogP contribution is 2.24. The first-order valence-electron chi connectivity index (χ1n) is 7.39. The van der Waals surface area contributed by atoms with Gasteiger partial charge in [0.2, 0.25) is 0 Å². The predicted octanol–water partition coefficient (Wildman–Crippen LogP) is 3.35. The summed E-state index contributed by atoms with van der Waals surface area (Å²) in [5, 5.41) is 3.28. The van der Waals surface area contributed by atoms with E-state index in [1.54, 1.807) is 25.1 Å². The van der Waals surface area contributed by atoms with E-state index >= 15 is 0 Å². The third-order valence-corrected chi connectivity index (χ3v) is 3.75. The van der Waals surface area contributed by atoms with E-state index in [4.69, 9.17) is 4.74 Å². The maximum absolute atomic E-state index is 13.9. The number of hydrogen-bond donors (Lipinski definition) is 1. The molecule has 0 bridgehead atoms. The highest BCUT2D eigenvalue weighted by molar-refractivity contribution is 5.77. The summed E-state index contributed by atoms with van der Waals surface area (Å²) >= 11 is 0. The Kier molecular flexibility index (Phi) is 5.53. The molecule has 1 aliphatic rings. The van der Waals surface area contributed by atoms with Gasteiger partial charge in [-0.1, -0.05) is 37.5 Å². The van der Waals surface area contributed by atoms with Crippen molar-refractivity contribution in [1.82, 2.24) is 5.32 Å². The van der Waals surface area contributed by atoms with Crippen molar-refractivity contribution in [2.75, 3.05) is 6.61 Å². The second kappa shape index (κ2) is 7.39. The van der Waals surface area contributed by atoms with E-state index in [0.29, 0.717) is 12.2 Å². The van der Waals surface area contributed by atoms with Gasteiger partial charge in [0.25, 0.3) is 0 Å². The number of carbonyl (C=O) groups excluding carboxylic acids is 1. The molecular formula is C16H22FNO2. The van der Waals surface area contributed by atoms with E-state index in [9.17, 15) is 9.18 Å². The van der Waals surface area contributed by atoms with Crippen LogP contribution in [0.1, 0.15) is 50.6 Å². The minimum absolute atomic E-state index is 0.262. The Morgan fingerprint density at radius 3 is 2.70 bits per heavy atom. The molecule has 110 valence electrons. The summed E-state index contributed by atoms with van der Waals surface area (Å²) < 4.78 is 19.0. The SMILES string of the molecule is CCOC(=O)C(NC1CCCCC1)c1ccccc1F. The van der Waals surface area contributed by atoms with Gasteiger partial charge in [0.15, 0.2) is 0 Å². The minimum Gasteiger partial charge on any atom is -0.465 e. The van der Waals surface area contributed by atoms with Crippen molar-refractivity contribution in [3.8, 4) is 0 Å². The van der Waals surface area contributed by atoms with Gasteiger partial charge < -0.3 is 4.74 Å². The van der Waals surface area contributed by atoms with Gasteiger partial charge in [0, 0.05) is 11.6 Å². The molecule has 0 saturated heterocycles. The van der Waals surface area contributed by atoms with E-state index in [-0.39, 0.29) is 11.9 Å². The number of benzene rings is 1. The Bertz CT molecular complexity index is 444. The maximum Gasteiger partial charge on any atom is 0.327 e. The number of nitrogens with one attached hydrogen (secondary N) is 1. The molecule has 0 aromatic heterocycles. The van der Waals surface area contributed by atoms with Crippen molar-refractivity contribution in [1.29, 1.82) is 0 Å². The van der Waals surface area contributed by atoms with Crippen molar-refractivity contribution in [2.45, 2.75) is 51.1 Å². The summed E-state index contributed by atoms with van der Waals surface area (Å²) in [5.41, 5.74) is 0.372. The first kappa shape index (κ1) is 15.0. The number of hydrogen-bond acceptors (Lipinski definition) is 3. The van der Waals surface area contributed by atoms with Gasteiger partial charge in [0.1, 0.15) is 11.9 Å². The third-order valence-electron chi connectivity index (χ3n) is 3.75. The van der Waals surface area contributed by atoms with Gasteiger partial charge >= 0.3 is 5.97 Å². The van der Waals surface area contributed by atoms with Crippen molar-refractivity contribution >= 4 is 5.97 Å². The molecule has 0 aliphatic heterocycles. The smallest absolute Gasteiger partial charge is 0.327 e. The van der Waals surface area contributed by atoms with Crippen molar-refractivity contribution in [2.24, 2.45) is 0 Å². The topological polar surface area (TPSA) is 38.3 Å². The van der Waals surface area contributed by atoms with Gasteiger partial charge in [0.05, 0.1) is 6.61 Å². The van der Waals surface area contributed by atoms with Crippen LogP contribution in [0, 0.1) is 5.82 Å². The highest BCUT2D eigenvalue weighted by Gasteiger charge is 2.27. The summed E-state index contributed by atoms with van der Waals surface area (Å²) in [4.78, 5) is 12.1. The normalized spacial score (nSPS) is 17.7. The Labute approximate surface area is 119 Å². The van der Waals surface area contributed by atoms with Crippen LogP contribution in [-0.4, -0.2) is 18.6 Å². The highest BCUT2D eigenvalue weighted by atomic mass is 19.1. The summed E-state index contributed by atoms with van der Waals surface area (Å²) in [6.07, 6.45) is 5.62. The molecule has 20 heavy (non-hydrogen) atoms. The van der Waals surface area contributed by atoms with E-state index in [0.717, 1.165) is 25.7 Å². The molecular weight excluding hydrogens is 257 g/mol. The molecule has 4 heteroatoms. The van der Waals surface area contributed by atoms with E-state index in [1.165, 1.54) is 12.5 Å². The van der Waals surface area contributed by atoms with Crippen LogP contribution >= 0.6 is 0 Å². The predicted molar refractivity (Wildman–Crippen MR) is 75.8 cm³/mol. The average Bonchev–Trinajstić information content (AvgIpc) is 2.47. The lowest BCUT2D eigenvalue weighted by Crippen LogP contribution is -2.39. The van der Waals surface area contributed by atoms with Crippen LogP contribution in [0.15, 0.2) is 24.3 Å². The number of halogens is 1. The molecule has 0 spiro atoms. The van der Waals surface area contributed by atoms with Gasteiger partial charge in [-0.05, 0) is 25.8 Å². The zero-order valence-electron chi connectivity index (χ0n) is 11.9. The van der Waals surface area contributed by atoms with Crippen LogP contribution in [0.3, 0.4) is 0 Å². The zero-order valence-corrected chi connectivity index (χ0v) is 11.9. The van der Waals surface area contributed by atoms with Gasteiger partial charge in [-0.3, -0.25) is 5.32 Å². The fourth-order valence-corrected chi connectivity index (χ4v) is 2.72. The van der Waals surface area contributed by atoms with Crippen LogP contribution in [0.25, 0.3) is 0 Å². The molecule has 1 aliphatic carbocycles. The lowest BCUT2D eigenvalue weighted by atomic mass is 9.94. The molecule has 1 fully saturated rings. The van der Waals surface area contributed by atoms with Crippen LogP contribution in [0.5, 0.6) is 0 Å². The van der Waals surface area contributed by atoms with Crippen LogP contribution in [0.4, 0.5) is 4.39 Å². The Morgan fingerprint density at radius 2 is 2.05 bits per heavy atom. The van der Waals surface area contributed by atoms with Gasteiger partial charge in [-0.2, -0.15) is 0 Å². The Balaban J connectivity index is 2.15. The second-order valence-electron chi connectivity index (χ2n) is 5.21. The largest absolute Gasteiger partial charge is 0.465 e. The molecule has 0 heterocycles. The molecule has 0 amide bonds. The summed E-state index contributed by atoms with van der Waals surface area (Å²) in [6.45, 7) is 2.06. The van der Waals surface area contributed by atoms with Crippen LogP contribution in [-0.2, 0) is 9.53 Å². The first-order valence-corrected chi connectivity index (χ1v) is 7.39. The quantitative estimate of drug-likeness (QED) is 0.840. The van der Waals surface area contributed by atoms with Crippen molar-refractivity contribution < 1.29 is 13.9 Å². The maximum atomic E-state index is 13.9. The molecule has 2 rings (SSSR count). The van der Waals surface area contributed by atoms with Gasteiger partial charge in [-0.25, -0.2) is 9.18 Å². The summed E-state index contributed by atoms with van der Waals surface area (Å²) in [5.74, 6) is -0.767. The minimum atomic E-state index is -0.709. The fourth-order valence-electron chi connectivity index (χ4n) is 2.72. The zero-order chi connectivity index (χ0) is 14.4. The van der Waals surface area contributed by atoms with E-state index in [1.807, 2.05) is 0 Å². The van der Waals surface area contributed by atoms with Crippen molar-refractivity contribution in [3.05, 3.63) is 35.6 Å². The first-order chi connectivity index (χ1) is 9.72. The van der Waals surface area contributed by atoms with Gasteiger partial charge in [-0.15, -0.1) is 0 Å². The molecule has 1 atom stereocenters. The Morgan fingerprint density at radius 1 is 1.35 bits per heavy atom. The van der Waals surface area contributed by atoms with Crippen molar-refractivity contribution in [3.63, 3.8) is 0 Å². The molecule has 1 unspecified atom stereocenters. The molecule has 0 radical (unpaired) electrons. The second-order valence-corrected chi connectivity index (χ2v) is 5.21. The Hall–Kier alpha value is -1.42. The number of esters is 1. The lowest BCUT2D eigenvalue weighted by Gasteiger charge is -2.27. The summed E-state index contributed by atoms with van der Waals surface area (Å²) in [6, 6.07) is 5.95. The van der Waals surface area contributed by atoms with E-state index < -0.39 is 12.0 Å². The molecule has 1 saturated carbocycles. The average molecular weight is 279 g/mol. The lowest BCUT2D eigenvalue weighted by molar-refractivity contribution is -0.146. The number of carbonyl (C=O) groups is 1. The van der Waals surface area contributed by atoms with E-state index in [2.05, 4.69) is 5.32 Å². The van der Waals surface area contributed by atoms with Crippen LogP contribution < -0.4 is 5.32 Å². The molecule has 1 aromatic carbocycles. The summed E-state index contributed by atoms with van der Waals surface area (Å²) in [7, 11) is 0. The molecule has 3 nitrogen and oxygen atoms in total.